The normalized spacial score (nSPS) is 13.0. The van der Waals surface area contributed by atoms with Crippen molar-refractivity contribution in [1.82, 2.24) is 5.43 Å². The molecular weight excluding hydrogens is 442 g/mol. The molecule has 0 fully saturated rings. The molecule has 1 amide bonds. The Morgan fingerprint density at radius 2 is 1.73 bits per heavy atom. The molecule has 8 nitrogen and oxygen atoms in total. The van der Waals surface area contributed by atoms with Crippen molar-refractivity contribution in [2.75, 3.05) is 24.1 Å². The van der Waals surface area contributed by atoms with E-state index < -0.39 is 22.5 Å². The molecule has 1 N–H and O–H groups in total. The number of anilines is 1. The molecule has 0 aliphatic carbocycles. The van der Waals surface area contributed by atoms with Gasteiger partial charge in [-0.3, -0.25) is 9.10 Å². The maximum atomic E-state index is 13.3. The van der Waals surface area contributed by atoms with Gasteiger partial charge in [0.1, 0.15) is 19.8 Å². The van der Waals surface area contributed by atoms with Gasteiger partial charge in [0.15, 0.2) is 11.5 Å². The zero-order chi connectivity index (χ0) is 23.3. The average molecular weight is 466 g/mol. The Morgan fingerprint density at radius 3 is 2.48 bits per heavy atom. The molecule has 0 aromatic heterocycles. The van der Waals surface area contributed by atoms with Gasteiger partial charge < -0.3 is 9.47 Å². The van der Waals surface area contributed by atoms with Gasteiger partial charge in [0, 0.05) is 5.56 Å². The molecule has 1 aliphatic rings. The lowest BCUT2D eigenvalue weighted by molar-refractivity contribution is -0.119. The number of para-hydroxylation sites is 2. The summed E-state index contributed by atoms with van der Waals surface area (Å²) in [6.45, 7) is 2.32. The quantitative estimate of drug-likeness (QED) is 0.427. The van der Waals surface area contributed by atoms with Crippen molar-refractivity contribution >= 4 is 27.8 Å². The predicted octanol–water partition coefficient (Wildman–Crippen LogP) is 3.11. The summed E-state index contributed by atoms with van der Waals surface area (Å²) >= 11 is 0. The Morgan fingerprint density at radius 1 is 1.00 bits per heavy atom. The third-order valence-electron chi connectivity index (χ3n) is 4.93. The van der Waals surface area contributed by atoms with Crippen LogP contribution in [0.25, 0.3) is 0 Å². The fourth-order valence-corrected chi connectivity index (χ4v) is 4.71. The summed E-state index contributed by atoms with van der Waals surface area (Å²) < 4.78 is 38.8. The number of aryl methyl sites for hydroxylation is 1. The molecule has 0 unspecified atom stereocenters. The zero-order valence-corrected chi connectivity index (χ0v) is 18.8. The van der Waals surface area contributed by atoms with Crippen LogP contribution in [0, 0.1) is 6.92 Å². The van der Waals surface area contributed by atoms with Crippen molar-refractivity contribution in [3.63, 3.8) is 0 Å². The molecule has 3 aromatic rings. The number of fused-ring (bicyclic) bond motifs is 1. The Bertz CT molecular complexity index is 1260. The number of sulfonamides is 1. The van der Waals surface area contributed by atoms with Gasteiger partial charge in [-0.2, -0.15) is 5.10 Å². The maximum Gasteiger partial charge on any atom is 0.264 e. The molecule has 0 saturated heterocycles. The first kappa shape index (κ1) is 22.3. The number of rotatable bonds is 7. The fraction of sp³-hybridized carbons (Fsp3) is 0.167. The molecule has 1 aliphatic heterocycles. The molecule has 4 rings (SSSR count). The molecule has 0 spiro atoms. The van der Waals surface area contributed by atoms with Gasteiger partial charge in [0.2, 0.25) is 0 Å². The van der Waals surface area contributed by atoms with Crippen molar-refractivity contribution in [3.8, 4) is 11.5 Å². The number of nitrogens with one attached hydrogen (secondary N) is 1. The van der Waals surface area contributed by atoms with Crippen molar-refractivity contribution in [2.45, 2.75) is 11.8 Å². The van der Waals surface area contributed by atoms with E-state index in [1.54, 1.807) is 60.7 Å². The minimum absolute atomic E-state index is 0.0984. The van der Waals surface area contributed by atoms with E-state index in [0.29, 0.717) is 36.0 Å². The molecule has 0 saturated carbocycles. The number of carbonyl (C=O) groups excluding carboxylic acids is 1. The van der Waals surface area contributed by atoms with Crippen molar-refractivity contribution in [1.29, 1.82) is 0 Å². The van der Waals surface area contributed by atoms with E-state index >= 15 is 0 Å². The summed E-state index contributed by atoms with van der Waals surface area (Å²) in [5.41, 5.74) is 4.35. The number of carbonyl (C=O) groups is 1. The lowest BCUT2D eigenvalue weighted by atomic mass is 10.2. The minimum Gasteiger partial charge on any atom is -0.486 e. The van der Waals surface area contributed by atoms with E-state index in [9.17, 15) is 13.2 Å². The van der Waals surface area contributed by atoms with Crippen LogP contribution in [0.15, 0.2) is 82.8 Å². The molecule has 33 heavy (non-hydrogen) atoms. The summed E-state index contributed by atoms with van der Waals surface area (Å²) in [5.74, 6) is 0.568. The smallest absolute Gasteiger partial charge is 0.264 e. The van der Waals surface area contributed by atoms with Crippen LogP contribution in [-0.2, 0) is 14.8 Å². The highest BCUT2D eigenvalue weighted by atomic mass is 32.2. The summed E-state index contributed by atoms with van der Waals surface area (Å²) in [7, 11) is -3.97. The molecule has 170 valence electrons. The summed E-state index contributed by atoms with van der Waals surface area (Å²) in [4.78, 5) is 12.7. The summed E-state index contributed by atoms with van der Waals surface area (Å²) in [6.07, 6.45) is 1.44. The van der Waals surface area contributed by atoms with E-state index in [1.807, 2.05) is 6.92 Å². The Labute approximate surface area is 192 Å². The molecule has 0 radical (unpaired) electrons. The van der Waals surface area contributed by atoms with E-state index in [-0.39, 0.29) is 4.90 Å². The Hall–Kier alpha value is -3.85. The van der Waals surface area contributed by atoms with Crippen LogP contribution in [0.4, 0.5) is 5.69 Å². The van der Waals surface area contributed by atoms with Gasteiger partial charge in [-0.15, -0.1) is 0 Å². The van der Waals surface area contributed by atoms with Crippen LogP contribution in [0.3, 0.4) is 0 Å². The second-order valence-corrected chi connectivity index (χ2v) is 9.19. The highest BCUT2D eigenvalue weighted by Crippen LogP contribution is 2.32. The first-order chi connectivity index (χ1) is 15.9. The SMILES string of the molecule is Cc1ccc(S(=O)(=O)N(CC(=O)N/N=C\c2cccc3c2OCCO3)c2ccccc2)cc1. The first-order valence-corrected chi connectivity index (χ1v) is 11.7. The fourth-order valence-electron chi connectivity index (χ4n) is 3.28. The number of nitrogens with zero attached hydrogens (tertiary/aromatic N) is 2. The Kier molecular flexibility index (Phi) is 6.60. The highest BCUT2D eigenvalue weighted by molar-refractivity contribution is 7.92. The lowest BCUT2D eigenvalue weighted by Gasteiger charge is -2.23. The van der Waals surface area contributed by atoms with Crippen molar-refractivity contribution < 1.29 is 22.7 Å². The minimum atomic E-state index is -3.97. The van der Waals surface area contributed by atoms with Gasteiger partial charge in [-0.05, 0) is 43.3 Å². The van der Waals surface area contributed by atoms with E-state index in [4.69, 9.17) is 9.47 Å². The second kappa shape index (κ2) is 9.74. The van der Waals surface area contributed by atoms with Gasteiger partial charge in [0.05, 0.1) is 16.8 Å². The van der Waals surface area contributed by atoms with Crippen molar-refractivity contribution in [3.05, 3.63) is 83.9 Å². The predicted molar refractivity (Wildman–Crippen MR) is 125 cm³/mol. The summed E-state index contributed by atoms with van der Waals surface area (Å²) in [6, 6.07) is 20.3. The van der Waals surface area contributed by atoms with E-state index in [2.05, 4.69) is 10.5 Å². The van der Waals surface area contributed by atoms with Gasteiger partial charge in [0.25, 0.3) is 15.9 Å². The van der Waals surface area contributed by atoms with E-state index in [0.717, 1.165) is 9.87 Å². The molecule has 1 heterocycles. The monoisotopic (exact) mass is 465 g/mol. The number of benzene rings is 3. The maximum absolute atomic E-state index is 13.3. The van der Waals surface area contributed by atoms with Crippen LogP contribution in [0.5, 0.6) is 11.5 Å². The molecule has 0 atom stereocenters. The zero-order valence-electron chi connectivity index (χ0n) is 18.0. The number of hydrogen-bond acceptors (Lipinski definition) is 6. The number of hydrazone groups is 1. The van der Waals surface area contributed by atoms with Gasteiger partial charge in [-0.25, -0.2) is 13.8 Å². The topological polar surface area (TPSA) is 97.3 Å². The van der Waals surface area contributed by atoms with E-state index in [1.165, 1.54) is 18.3 Å². The lowest BCUT2D eigenvalue weighted by Crippen LogP contribution is -2.39. The Balaban J connectivity index is 1.53. The number of amides is 1. The molecular formula is C24H23N3O5S. The third kappa shape index (κ3) is 5.15. The van der Waals surface area contributed by atoms with Crippen molar-refractivity contribution in [2.24, 2.45) is 5.10 Å². The van der Waals surface area contributed by atoms with Crippen LogP contribution in [0.2, 0.25) is 0 Å². The van der Waals surface area contributed by atoms with Crippen LogP contribution in [-0.4, -0.2) is 40.3 Å². The highest BCUT2D eigenvalue weighted by Gasteiger charge is 2.27. The molecule has 9 heteroatoms. The molecule has 3 aromatic carbocycles. The largest absolute Gasteiger partial charge is 0.486 e. The van der Waals surface area contributed by atoms with Gasteiger partial charge >= 0.3 is 0 Å². The number of ether oxygens (including phenoxy) is 2. The second-order valence-electron chi connectivity index (χ2n) is 7.32. The average Bonchev–Trinajstić information content (AvgIpc) is 2.83. The van der Waals surface area contributed by atoms with Crippen LogP contribution < -0.4 is 19.2 Å². The van der Waals surface area contributed by atoms with Crippen LogP contribution >= 0.6 is 0 Å². The standard InChI is InChI=1S/C24H23N3O5S/c1-18-10-12-21(13-11-18)33(29,30)27(20-7-3-2-4-8-20)17-23(28)26-25-16-19-6-5-9-22-24(19)32-15-14-31-22/h2-13,16H,14-15,17H2,1H3,(H,26,28)/b25-16-. The first-order valence-electron chi connectivity index (χ1n) is 10.3. The third-order valence-corrected chi connectivity index (χ3v) is 6.72. The van der Waals surface area contributed by atoms with Crippen LogP contribution in [0.1, 0.15) is 11.1 Å². The van der Waals surface area contributed by atoms with Gasteiger partial charge in [-0.1, -0.05) is 42.0 Å². The molecule has 0 bridgehead atoms. The summed E-state index contributed by atoms with van der Waals surface area (Å²) in [5, 5.41) is 3.98. The number of hydrogen-bond donors (Lipinski definition) is 1.